The Morgan fingerprint density at radius 1 is 0.812 bits per heavy atom. The molecule has 4 heteroatoms. The van der Waals surface area contributed by atoms with Gasteiger partial charge in [-0.2, -0.15) is 0 Å². The van der Waals surface area contributed by atoms with Crippen molar-refractivity contribution in [2.24, 2.45) is 0 Å². The Balaban J connectivity index is 1.37. The van der Waals surface area contributed by atoms with Crippen molar-refractivity contribution < 1.29 is 9.53 Å². The quantitative estimate of drug-likeness (QED) is 0.334. The minimum Gasteiger partial charge on any atom is -0.489 e. The molecule has 4 aromatic carbocycles. The molecule has 0 radical (unpaired) electrons. The van der Waals surface area contributed by atoms with Crippen LogP contribution in [0.4, 0.5) is 5.69 Å². The molecule has 1 N–H and O–H groups in total. The number of aryl methyl sites for hydroxylation is 1. The number of nitrogens with one attached hydrogen (secondary N) is 1. The lowest BCUT2D eigenvalue weighted by atomic mass is 10.1. The first-order chi connectivity index (χ1) is 15.7. The Morgan fingerprint density at radius 3 is 2.44 bits per heavy atom. The van der Waals surface area contributed by atoms with E-state index < -0.39 is 0 Å². The van der Waals surface area contributed by atoms with Crippen LogP contribution in [0.3, 0.4) is 0 Å². The van der Waals surface area contributed by atoms with E-state index in [1.54, 1.807) is 12.1 Å². The summed E-state index contributed by atoms with van der Waals surface area (Å²) in [5.41, 5.74) is 4.80. The van der Waals surface area contributed by atoms with E-state index in [1.165, 1.54) is 16.4 Å². The van der Waals surface area contributed by atoms with Crippen LogP contribution in [-0.4, -0.2) is 10.5 Å². The lowest BCUT2D eigenvalue weighted by Gasteiger charge is -2.09. The summed E-state index contributed by atoms with van der Waals surface area (Å²) in [4.78, 5) is 12.9. The smallest absolute Gasteiger partial charge is 0.255 e. The maximum atomic E-state index is 12.9. The van der Waals surface area contributed by atoms with Crippen molar-refractivity contribution in [3.8, 4) is 5.75 Å². The molecule has 0 aliphatic heterocycles. The summed E-state index contributed by atoms with van der Waals surface area (Å²) in [6.45, 7) is 3.50. The predicted octanol–water partition coefficient (Wildman–Crippen LogP) is 6.65. The van der Waals surface area contributed by atoms with Crippen LogP contribution in [0.1, 0.15) is 22.8 Å². The van der Waals surface area contributed by atoms with Gasteiger partial charge in [-0.1, -0.05) is 54.6 Å². The normalized spacial score (nSPS) is 11.0. The molecule has 32 heavy (non-hydrogen) atoms. The lowest BCUT2D eigenvalue weighted by Crippen LogP contribution is -2.12. The molecule has 1 aromatic heterocycles. The highest BCUT2D eigenvalue weighted by Gasteiger charge is 2.12. The highest BCUT2D eigenvalue weighted by Crippen LogP contribution is 2.31. The van der Waals surface area contributed by atoms with Gasteiger partial charge in [-0.25, -0.2) is 0 Å². The zero-order valence-corrected chi connectivity index (χ0v) is 17.9. The molecule has 4 nitrogen and oxygen atoms in total. The second kappa shape index (κ2) is 8.60. The van der Waals surface area contributed by atoms with Crippen LogP contribution < -0.4 is 10.1 Å². The van der Waals surface area contributed by atoms with Crippen LogP contribution in [0.2, 0.25) is 0 Å². The molecule has 0 unspecified atom stereocenters. The van der Waals surface area contributed by atoms with Crippen molar-refractivity contribution in [1.82, 2.24) is 4.57 Å². The van der Waals surface area contributed by atoms with Crippen molar-refractivity contribution in [3.05, 3.63) is 108 Å². The number of aromatic nitrogens is 1. The van der Waals surface area contributed by atoms with Crippen molar-refractivity contribution in [3.63, 3.8) is 0 Å². The number of anilines is 1. The van der Waals surface area contributed by atoms with E-state index in [4.69, 9.17) is 4.74 Å². The van der Waals surface area contributed by atoms with Crippen LogP contribution in [0.15, 0.2) is 97.1 Å². The summed E-state index contributed by atoms with van der Waals surface area (Å²) in [7, 11) is 0. The predicted molar refractivity (Wildman–Crippen MR) is 130 cm³/mol. The number of amides is 1. The molecule has 5 rings (SSSR count). The van der Waals surface area contributed by atoms with Gasteiger partial charge in [0.25, 0.3) is 5.91 Å². The van der Waals surface area contributed by atoms with E-state index in [1.807, 2.05) is 54.6 Å². The minimum absolute atomic E-state index is 0.159. The second-order valence-corrected chi connectivity index (χ2v) is 7.75. The number of ether oxygens (including phenoxy) is 1. The average Bonchev–Trinajstić information content (AvgIpc) is 3.16. The minimum atomic E-state index is -0.159. The van der Waals surface area contributed by atoms with Gasteiger partial charge in [0.1, 0.15) is 12.4 Å². The van der Waals surface area contributed by atoms with E-state index in [0.29, 0.717) is 17.9 Å². The summed E-state index contributed by atoms with van der Waals surface area (Å²) in [6.07, 6.45) is 0. The van der Waals surface area contributed by atoms with Gasteiger partial charge in [-0.05, 0) is 55.0 Å². The Bertz CT molecular complexity index is 1400. The first-order valence-electron chi connectivity index (χ1n) is 10.8. The van der Waals surface area contributed by atoms with Gasteiger partial charge in [0.15, 0.2) is 0 Å². The second-order valence-electron chi connectivity index (χ2n) is 7.75. The van der Waals surface area contributed by atoms with Crippen molar-refractivity contribution >= 4 is 33.4 Å². The third kappa shape index (κ3) is 3.83. The van der Waals surface area contributed by atoms with Gasteiger partial charge in [0.2, 0.25) is 0 Å². The molecular formula is C28H24N2O2. The van der Waals surface area contributed by atoms with Crippen molar-refractivity contribution in [2.45, 2.75) is 20.1 Å². The zero-order valence-electron chi connectivity index (χ0n) is 17.9. The number of carbonyl (C=O) groups excluding carboxylic acids is 1. The van der Waals surface area contributed by atoms with Crippen LogP contribution >= 0.6 is 0 Å². The summed E-state index contributed by atoms with van der Waals surface area (Å²) >= 11 is 0. The van der Waals surface area contributed by atoms with Crippen LogP contribution in [0.25, 0.3) is 21.8 Å². The van der Waals surface area contributed by atoms with E-state index in [9.17, 15) is 4.79 Å². The molecule has 5 aromatic rings. The molecule has 0 aliphatic rings. The largest absolute Gasteiger partial charge is 0.489 e. The number of fused-ring (bicyclic) bond motifs is 3. The fraction of sp³-hybridized carbons (Fsp3) is 0.107. The number of rotatable bonds is 6. The summed E-state index contributed by atoms with van der Waals surface area (Å²) in [6, 6.07) is 31.7. The first-order valence-corrected chi connectivity index (χ1v) is 10.8. The molecule has 0 saturated carbocycles. The number of hydrogen-bond acceptors (Lipinski definition) is 2. The zero-order chi connectivity index (χ0) is 21.9. The molecule has 0 bridgehead atoms. The van der Waals surface area contributed by atoms with Gasteiger partial charge >= 0.3 is 0 Å². The van der Waals surface area contributed by atoms with Crippen LogP contribution in [0, 0.1) is 0 Å². The van der Waals surface area contributed by atoms with Crippen LogP contribution in [-0.2, 0) is 13.2 Å². The number of hydrogen-bond donors (Lipinski definition) is 1. The van der Waals surface area contributed by atoms with Crippen molar-refractivity contribution in [1.29, 1.82) is 0 Å². The maximum absolute atomic E-state index is 12.9. The topological polar surface area (TPSA) is 43.3 Å². The Labute approximate surface area is 187 Å². The average molecular weight is 421 g/mol. The summed E-state index contributed by atoms with van der Waals surface area (Å²) in [5, 5.41) is 5.37. The number of para-hydroxylation sites is 1. The van der Waals surface area contributed by atoms with E-state index in [-0.39, 0.29) is 5.91 Å². The third-order valence-electron chi connectivity index (χ3n) is 5.69. The van der Waals surface area contributed by atoms with Gasteiger partial charge in [-0.15, -0.1) is 0 Å². The SMILES string of the molecule is CCn1c2ccccc2c2cc(NC(=O)c3cccc(OCc4ccccc4)c3)ccc21. The lowest BCUT2D eigenvalue weighted by molar-refractivity contribution is 0.102. The summed E-state index contributed by atoms with van der Waals surface area (Å²) < 4.78 is 8.17. The first kappa shape index (κ1) is 19.9. The number of carbonyl (C=O) groups is 1. The van der Waals surface area contributed by atoms with Crippen molar-refractivity contribution in [2.75, 3.05) is 5.32 Å². The van der Waals surface area contributed by atoms with E-state index in [2.05, 4.69) is 47.1 Å². The van der Waals surface area contributed by atoms with Gasteiger partial charge < -0.3 is 14.6 Å². The highest BCUT2D eigenvalue weighted by atomic mass is 16.5. The fourth-order valence-corrected chi connectivity index (χ4v) is 4.14. The number of nitrogens with zero attached hydrogens (tertiary/aromatic N) is 1. The monoisotopic (exact) mass is 420 g/mol. The molecule has 0 spiro atoms. The Morgan fingerprint density at radius 2 is 1.59 bits per heavy atom. The van der Waals surface area contributed by atoms with Crippen LogP contribution in [0.5, 0.6) is 5.75 Å². The molecular weight excluding hydrogens is 396 g/mol. The molecule has 0 aliphatic carbocycles. The number of benzene rings is 4. The molecule has 0 saturated heterocycles. The molecule has 1 amide bonds. The van der Waals surface area contributed by atoms with Gasteiger partial charge in [-0.3, -0.25) is 4.79 Å². The third-order valence-corrected chi connectivity index (χ3v) is 5.69. The van der Waals surface area contributed by atoms with E-state index >= 15 is 0 Å². The fourth-order valence-electron chi connectivity index (χ4n) is 4.14. The standard InChI is InChI=1S/C28H24N2O2/c1-2-30-26-14-7-6-13-24(26)25-18-22(15-16-27(25)30)29-28(31)21-11-8-12-23(17-21)32-19-20-9-4-3-5-10-20/h3-18H,2,19H2,1H3,(H,29,31). The highest BCUT2D eigenvalue weighted by molar-refractivity contribution is 6.11. The van der Waals surface area contributed by atoms with Gasteiger partial charge in [0, 0.05) is 39.6 Å². The van der Waals surface area contributed by atoms with E-state index in [0.717, 1.165) is 23.2 Å². The Hall–Kier alpha value is -4.05. The molecule has 1 heterocycles. The molecule has 0 atom stereocenters. The summed E-state index contributed by atoms with van der Waals surface area (Å²) in [5.74, 6) is 0.511. The van der Waals surface area contributed by atoms with Gasteiger partial charge in [0.05, 0.1) is 0 Å². The Kier molecular flexibility index (Phi) is 5.34. The molecule has 0 fully saturated rings. The molecule has 158 valence electrons. The maximum Gasteiger partial charge on any atom is 0.255 e.